The number of ether oxygens (including phenoxy) is 3. The number of fused-ring (bicyclic) bond motifs is 2. The van der Waals surface area contributed by atoms with Gasteiger partial charge < -0.3 is 14.2 Å². The zero-order chi connectivity index (χ0) is 18.1. The first kappa shape index (κ1) is 16.5. The fourth-order valence-corrected chi connectivity index (χ4v) is 3.06. The van der Waals surface area contributed by atoms with Crippen molar-refractivity contribution in [2.75, 3.05) is 13.4 Å². The quantitative estimate of drug-likeness (QED) is 0.786. The number of nitrogens with one attached hydrogen (secondary N) is 2. The average Bonchev–Trinajstić information content (AvgIpc) is 3.13. The van der Waals surface area contributed by atoms with E-state index in [4.69, 9.17) is 25.8 Å². The van der Waals surface area contributed by atoms with Gasteiger partial charge in [0, 0.05) is 10.6 Å². The minimum Gasteiger partial charge on any atom is -0.492 e. The Balaban J connectivity index is 1.36. The molecule has 2 aliphatic heterocycles. The van der Waals surface area contributed by atoms with E-state index in [-0.39, 0.29) is 19.3 Å². The number of hydrogen-bond donors (Lipinski definition) is 2. The molecule has 0 saturated carbocycles. The number of halogens is 1. The number of rotatable bonds is 2. The molecule has 2 heterocycles. The first-order valence-corrected chi connectivity index (χ1v) is 8.39. The molecular weight excluding hydrogens is 360 g/mol. The summed E-state index contributed by atoms with van der Waals surface area (Å²) in [5.41, 5.74) is 6.07. The molecule has 1 atom stereocenters. The molecule has 2 aromatic rings. The Labute approximate surface area is 154 Å². The van der Waals surface area contributed by atoms with Crippen LogP contribution in [0.15, 0.2) is 36.4 Å². The molecule has 0 aliphatic carbocycles. The second-order valence-electron chi connectivity index (χ2n) is 5.98. The third-order valence-electron chi connectivity index (χ3n) is 4.23. The van der Waals surface area contributed by atoms with Crippen LogP contribution >= 0.6 is 11.6 Å². The first-order chi connectivity index (χ1) is 12.6. The number of carbonyl (C=O) groups excluding carboxylic acids is 2. The molecule has 0 unspecified atom stereocenters. The highest BCUT2D eigenvalue weighted by Crippen LogP contribution is 2.32. The van der Waals surface area contributed by atoms with Gasteiger partial charge >= 0.3 is 0 Å². The van der Waals surface area contributed by atoms with Crippen LogP contribution in [-0.2, 0) is 11.2 Å². The topological polar surface area (TPSA) is 85.9 Å². The third kappa shape index (κ3) is 3.25. The number of hydrogen-bond acceptors (Lipinski definition) is 5. The number of carbonyl (C=O) groups is 2. The van der Waals surface area contributed by atoms with E-state index in [1.165, 1.54) is 0 Å². The normalized spacial score (nSPS) is 17.0. The predicted molar refractivity (Wildman–Crippen MR) is 92.3 cm³/mol. The molecule has 8 heteroatoms. The number of amides is 2. The molecule has 0 saturated heterocycles. The highest BCUT2D eigenvalue weighted by atomic mass is 35.5. The van der Waals surface area contributed by atoms with Crippen LogP contribution in [0.1, 0.15) is 15.9 Å². The molecule has 2 amide bonds. The van der Waals surface area contributed by atoms with Crippen molar-refractivity contribution in [3.05, 3.63) is 52.5 Å². The van der Waals surface area contributed by atoms with Gasteiger partial charge in [0.1, 0.15) is 12.4 Å². The second-order valence-corrected chi connectivity index (χ2v) is 6.41. The number of benzene rings is 2. The van der Waals surface area contributed by atoms with Crippen molar-refractivity contribution >= 4 is 23.4 Å². The van der Waals surface area contributed by atoms with Gasteiger partial charge in [0.2, 0.25) is 12.7 Å². The van der Waals surface area contributed by atoms with E-state index >= 15 is 0 Å². The molecule has 134 valence electrons. The van der Waals surface area contributed by atoms with Crippen LogP contribution < -0.4 is 25.1 Å². The predicted octanol–water partition coefficient (Wildman–Crippen LogP) is 2.08. The van der Waals surface area contributed by atoms with Gasteiger partial charge in [0.05, 0.1) is 5.92 Å². The molecular formula is C18H15ClN2O5. The minimum atomic E-state index is -0.447. The summed E-state index contributed by atoms with van der Waals surface area (Å²) in [4.78, 5) is 24.5. The molecule has 0 radical (unpaired) electrons. The fraction of sp³-hybridized carbons (Fsp3) is 0.222. The smallest absolute Gasteiger partial charge is 0.269 e. The van der Waals surface area contributed by atoms with Crippen LogP contribution in [0.2, 0.25) is 5.02 Å². The lowest BCUT2D eigenvalue weighted by Crippen LogP contribution is -2.47. The fourth-order valence-electron chi connectivity index (χ4n) is 2.86. The maximum Gasteiger partial charge on any atom is 0.269 e. The van der Waals surface area contributed by atoms with E-state index in [2.05, 4.69) is 10.9 Å². The van der Waals surface area contributed by atoms with Crippen molar-refractivity contribution in [3.8, 4) is 17.2 Å². The highest BCUT2D eigenvalue weighted by molar-refractivity contribution is 6.30. The van der Waals surface area contributed by atoms with Crippen molar-refractivity contribution < 1.29 is 23.8 Å². The first-order valence-electron chi connectivity index (χ1n) is 8.01. The largest absolute Gasteiger partial charge is 0.492 e. The van der Waals surface area contributed by atoms with Crippen LogP contribution in [0.3, 0.4) is 0 Å². The van der Waals surface area contributed by atoms with Crippen molar-refractivity contribution in [2.45, 2.75) is 6.42 Å². The lowest BCUT2D eigenvalue weighted by Gasteiger charge is -2.24. The molecule has 0 spiro atoms. The summed E-state index contributed by atoms with van der Waals surface area (Å²) in [6.45, 7) is 0.366. The molecule has 4 rings (SSSR count). The Kier molecular flexibility index (Phi) is 4.30. The molecule has 0 aromatic heterocycles. The summed E-state index contributed by atoms with van der Waals surface area (Å²) >= 11 is 5.98. The van der Waals surface area contributed by atoms with Gasteiger partial charge in [-0.05, 0) is 48.4 Å². The Hall–Kier alpha value is -2.93. The van der Waals surface area contributed by atoms with Crippen LogP contribution in [0.25, 0.3) is 0 Å². The molecule has 26 heavy (non-hydrogen) atoms. The Morgan fingerprint density at radius 1 is 0.962 bits per heavy atom. The Morgan fingerprint density at radius 2 is 1.77 bits per heavy atom. The van der Waals surface area contributed by atoms with Gasteiger partial charge in [-0.25, -0.2) is 0 Å². The molecule has 0 fully saturated rings. The standard InChI is InChI=1S/C18H15ClN2O5/c19-13-2-4-14-11(6-13)5-12(8-24-14)18(23)21-20-17(22)10-1-3-15-16(7-10)26-9-25-15/h1-4,6-7,12H,5,8-9H2,(H,20,22)(H,21,23)/t12-/m1/s1. The van der Waals surface area contributed by atoms with Gasteiger partial charge in [-0.15, -0.1) is 0 Å². The van der Waals surface area contributed by atoms with E-state index < -0.39 is 11.8 Å². The maximum absolute atomic E-state index is 12.3. The van der Waals surface area contributed by atoms with E-state index in [1.54, 1.807) is 36.4 Å². The SMILES string of the molecule is O=C(NNC(=O)[C@H]1COc2ccc(Cl)cc2C1)c1ccc2c(c1)OCO2. The summed E-state index contributed by atoms with van der Waals surface area (Å²) in [6, 6.07) is 10.1. The summed E-state index contributed by atoms with van der Waals surface area (Å²) in [7, 11) is 0. The summed E-state index contributed by atoms with van der Waals surface area (Å²) < 4.78 is 16.0. The second kappa shape index (κ2) is 6.76. The zero-order valence-corrected chi connectivity index (χ0v) is 14.3. The van der Waals surface area contributed by atoms with Gasteiger partial charge in [-0.2, -0.15) is 0 Å². The van der Waals surface area contributed by atoms with Gasteiger partial charge in [-0.1, -0.05) is 11.6 Å². The van der Waals surface area contributed by atoms with Gasteiger partial charge in [0.25, 0.3) is 5.91 Å². The van der Waals surface area contributed by atoms with Crippen LogP contribution in [0.4, 0.5) is 0 Å². The molecule has 2 aromatic carbocycles. The lowest BCUT2D eigenvalue weighted by molar-refractivity contribution is -0.127. The molecule has 7 nitrogen and oxygen atoms in total. The molecule has 0 bridgehead atoms. The van der Waals surface area contributed by atoms with Crippen molar-refractivity contribution in [2.24, 2.45) is 5.92 Å². The van der Waals surface area contributed by atoms with E-state index in [0.29, 0.717) is 28.5 Å². The van der Waals surface area contributed by atoms with Gasteiger partial charge in [0.15, 0.2) is 11.5 Å². The Morgan fingerprint density at radius 3 is 2.65 bits per heavy atom. The minimum absolute atomic E-state index is 0.129. The average molecular weight is 375 g/mol. The van der Waals surface area contributed by atoms with Crippen LogP contribution in [0, 0.1) is 5.92 Å². The lowest BCUT2D eigenvalue weighted by atomic mass is 9.96. The summed E-state index contributed by atoms with van der Waals surface area (Å²) in [6.07, 6.45) is 0.488. The van der Waals surface area contributed by atoms with E-state index in [1.807, 2.05) is 0 Å². The Bertz CT molecular complexity index is 886. The summed E-state index contributed by atoms with van der Waals surface area (Å²) in [5, 5.41) is 0.588. The summed E-state index contributed by atoms with van der Waals surface area (Å²) in [5.74, 6) is 0.614. The highest BCUT2D eigenvalue weighted by Gasteiger charge is 2.26. The van der Waals surface area contributed by atoms with E-state index in [9.17, 15) is 9.59 Å². The maximum atomic E-state index is 12.3. The van der Waals surface area contributed by atoms with Crippen LogP contribution in [-0.4, -0.2) is 25.2 Å². The van der Waals surface area contributed by atoms with E-state index in [0.717, 1.165) is 11.3 Å². The molecule has 2 N–H and O–H groups in total. The van der Waals surface area contributed by atoms with Crippen molar-refractivity contribution in [3.63, 3.8) is 0 Å². The van der Waals surface area contributed by atoms with Crippen molar-refractivity contribution in [1.82, 2.24) is 10.9 Å². The van der Waals surface area contributed by atoms with Gasteiger partial charge in [-0.3, -0.25) is 20.4 Å². The van der Waals surface area contributed by atoms with Crippen molar-refractivity contribution in [1.29, 1.82) is 0 Å². The number of hydrazine groups is 1. The van der Waals surface area contributed by atoms with Crippen LogP contribution in [0.5, 0.6) is 17.2 Å². The molecule has 2 aliphatic rings. The zero-order valence-electron chi connectivity index (χ0n) is 13.6. The third-order valence-corrected chi connectivity index (χ3v) is 4.47. The monoisotopic (exact) mass is 374 g/mol.